The van der Waals surface area contributed by atoms with E-state index in [2.05, 4.69) is 0 Å². The molecule has 0 aliphatic heterocycles. The number of rotatable bonds is 2. The number of aliphatic carboxylic acids is 2. The Bertz CT molecular complexity index is 254. The van der Waals surface area contributed by atoms with Gasteiger partial charge in [-0.2, -0.15) is 0 Å². The van der Waals surface area contributed by atoms with Gasteiger partial charge in [0.15, 0.2) is 0 Å². The Morgan fingerprint density at radius 1 is 0.929 bits per heavy atom. The highest BCUT2D eigenvalue weighted by atomic mass is 16.4. The number of carboxylic acids is 2. The minimum absolute atomic E-state index is 0.320. The molecule has 4 nitrogen and oxygen atoms in total. The van der Waals surface area contributed by atoms with E-state index in [0.29, 0.717) is 0 Å². The molecule has 4 heteroatoms. The molecule has 0 saturated carbocycles. The quantitative estimate of drug-likeness (QED) is 0.506. The lowest BCUT2D eigenvalue weighted by Crippen LogP contribution is -2.49. The summed E-state index contributed by atoms with van der Waals surface area (Å²) in [5.74, 6) is -5.25. The summed E-state index contributed by atoms with van der Waals surface area (Å²) in [7, 11) is 0. The van der Waals surface area contributed by atoms with Crippen LogP contribution < -0.4 is 10.2 Å². The van der Waals surface area contributed by atoms with E-state index in [1.54, 1.807) is 26.0 Å². The molecule has 14 heavy (non-hydrogen) atoms. The van der Waals surface area contributed by atoms with Gasteiger partial charge < -0.3 is 19.8 Å². The van der Waals surface area contributed by atoms with E-state index in [0.717, 1.165) is 0 Å². The van der Waals surface area contributed by atoms with Crippen molar-refractivity contribution in [1.82, 2.24) is 0 Å². The fourth-order valence-corrected chi connectivity index (χ4v) is 1.97. The maximum absolute atomic E-state index is 10.8. The van der Waals surface area contributed by atoms with Crippen molar-refractivity contribution in [3.63, 3.8) is 0 Å². The van der Waals surface area contributed by atoms with Crippen LogP contribution in [0.1, 0.15) is 13.8 Å². The van der Waals surface area contributed by atoms with E-state index in [1.165, 1.54) is 0 Å². The first-order valence-electron chi connectivity index (χ1n) is 4.55. The molecule has 0 N–H and O–H groups in total. The molecule has 0 radical (unpaired) electrons. The minimum atomic E-state index is -1.32. The van der Waals surface area contributed by atoms with Crippen LogP contribution in [0.25, 0.3) is 0 Å². The van der Waals surface area contributed by atoms with Gasteiger partial charge in [0, 0.05) is 23.8 Å². The Morgan fingerprint density at radius 2 is 1.21 bits per heavy atom. The standard InChI is InChI=1S/C10H14O4/c1-5-3-4-6(2)8(10(13)14)7(5)9(11)12/h3-8H,1-2H3,(H,11,12)(H,13,14)/p-2/t5-,6+,7+,8-. The van der Waals surface area contributed by atoms with Crippen molar-refractivity contribution in [3.8, 4) is 0 Å². The number of carbonyl (C=O) groups is 2. The van der Waals surface area contributed by atoms with E-state index in [1.807, 2.05) is 0 Å². The Kier molecular flexibility index (Phi) is 2.93. The molecule has 1 aliphatic carbocycles. The molecular weight excluding hydrogens is 184 g/mol. The predicted molar refractivity (Wildman–Crippen MR) is 44.5 cm³/mol. The van der Waals surface area contributed by atoms with Crippen LogP contribution >= 0.6 is 0 Å². The van der Waals surface area contributed by atoms with Crippen LogP contribution in [0.4, 0.5) is 0 Å². The summed E-state index contributed by atoms with van der Waals surface area (Å²) < 4.78 is 0. The third kappa shape index (κ3) is 1.78. The average Bonchev–Trinajstić information content (AvgIpc) is 2.07. The van der Waals surface area contributed by atoms with Gasteiger partial charge in [-0.1, -0.05) is 26.0 Å². The van der Waals surface area contributed by atoms with Crippen LogP contribution in [0.3, 0.4) is 0 Å². The number of carbonyl (C=O) groups excluding carboxylic acids is 2. The lowest BCUT2D eigenvalue weighted by Gasteiger charge is -2.38. The lowest BCUT2D eigenvalue weighted by molar-refractivity contribution is -0.329. The first-order chi connectivity index (χ1) is 6.45. The normalized spacial score (nSPS) is 36.7. The summed E-state index contributed by atoms with van der Waals surface area (Å²) in [6, 6.07) is 0. The van der Waals surface area contributed by atoms with Gasteiger partial charge in [-0.3, -0.25) is 0 Å². The number of carboxylic acid groups (broad SMARTS) is 2. The summed E-state index contributed by atoms with van der Waals surface area (Å²) in [5, 5.41) is 21.6. The highest BCUT2D eigenvalue weighted by Gasteiger charge is 2.33. The molecule has 1 aliphatic rings. The Hall–Kier alpha value is -1.32. The second kappa shape index (κ2) is 3.82. The Labute approximate surface area is 82.2 Å². The maximum atomic E-state index is 10.8. The van der Waals surface area contributed by atoms with Gasteiger partial charge >= 0.3 is 0 Å². The van der Waals surface area contributed by atoms with Crippen molar-refractivity contribution in [2.24, 2.45) is 23.7 Å². The zero-order chi connectivity index (χ0) is 10.9. The molecule has 0 aromatic rings. The smallest absolute Gasteiger partial charge is 0.0457 e. The van der Waals surface area contributed by atoms with Crippen LogP contribution in [0.2, 0.25) is 0 Å². The van der Waals surface area contributed by atoms with Crippen molar-refractivity contribution in [1.29, 1.82) is 0 Å². The SMILES string of the molecule is C[C@@H]1C=C[C@H](C)[C@@H](C(=O)[O-])[C@H]1C(=O)[O-]. The maximum Gasteiger partial charge on any atom is 0.0457 e. The zero-order valence-electron chi connectivity index (χ0n) is 8.10. The molecule has 0 aromatic carbocycles. The molecule has 1 rings (SSSR count). The third-order valence-electron chi connectivity index (χ3n) is 2.78. The van der Waals surface area contributed by atoms with Crippen LogP contribution in [0.15, 0.2) is 12.2 Å². The van der Waals surface area contributed by atoms with Gasteiger partial charge in [-0.15, -0.1) is 0 Å². The molecule has 0 unspecified atom stereocenters. The van der Waals surface area contributed by atoms with Gasteiger partial charge in [0.25, 0.3) is 0 Å². The summed E-state index contributed by atoms with van der Waals surface area (Å²) in [6.07, 6.45) is 3.43. The monoisotopic (exact) mass is 196 g/mol. The van der Waals surface area contributed by atoms with Crippen LogP contribution in [0.5, 0.6) is 0 Å². The third-order valence-corrected chi connectivity index (χ3v) is 2.78. The molecule has 0 saturated heterocycles. The summed E-state index contributed by atoms with van der Waals surface area (Å²) in [5.41, 5.74) is 0. The molecule has 0 spiro atoms. The van der Waals surface area contributed by atoms with Crippen molar-refractivity contribution in [2.75, 3.05) is 0 Å². The summed E-state index contributed by atoms with van der Waals surface area (Å²) >= 11 is 0. The Balaban J connectivity index is 3.02. The first kappa shape index (κ1) is 10.8. The van der Waals surface area contributed by atoms with Crippen LogP contribution in [0, 0.1) is 23.7 Å². The average molecular weight is 196 g/mol. The first-order valence-corrected chi connectivity index (χ1v) is 4.55. The minimum Gasteiger partial charge on any atom is -0.550 e. The summed E-state index contributed by atoms with van der Waals surface area (Å²) in [6.45, 7) is 3.33. The molecule has 0 fully saturated rings. The Morgan fingerprint density at radius 3 is 1.43 bits per heavy atom. The van der Waals surface area contributed by atoms with Gasteiger partial charge in [0.05, 0.1) is 0 Å². The summed E-state index contributed by atoms with van der Waals surface area (Å²) in [4.78, 5) is 21.6. The van der Waals surface area contributed by atoms with E-state index >= 15 is 0 Å². The molecule has 0 bridgehead atoms. The highest BCUT2D eigenvalue weighted by Crippen LogP contribution is 2.33. The lowest BCUT2D eigenvalue weighted by atomic mass is 9.72. The highest BCUT2D eigenvalue weighted by molar-refractivity contribution is 5.79. The van der Waals surface area contributed by atoms with Crippen molar-refractivity contribution in [3.05, 3.63) is 12.2 Å². The molecular formula is C10H12O4-2. The number of hydrogen-bond donors (Lipinski definition) is 0. The number of allylic oxidation sites excluding steroid dienone is 2. The van der Waals surface area contributed by atoms with E-state index in [9.17, 15) is 19.8 Å². The molecule has 0 amide bonds. The van der Waals surface area contributed by atoms with Crippen molar-refractivity contribution in [2.45, 2.75) is 13.8 Å². The fraction of sp³-hybridized carbons (Fsp3) is 0.600. The van der Waals surface area contributed by atoms with Crippen LogP contribution in [-0.2, 0) is 9.59 Å². The van der Waals surface area contributed by atoms with Crippen LogP contribution in [-0.4, -0.2) is 11.9 Å². The van der Waals surface area contributed by atoms with Gasteiger partial charge in [-0.25, -0.2) is 0 Å². The van der Waals surface area contributed by atoms with Gasteiger partial charge in [-0.05, 0) is 11.8 Å². The van der Waals surface area contributed by atoms with Crippen molar-refractivity contribution < 1.29 is 19.8 Å². The van der Waals surface area contributed by atoms with Gasteiger partial charge in [0.2, 0.25) is 0 Å². The van der Waals surface area contributed by atoms with E-state index in [4.69, 9.17) is 0 Å². The second-order valence-electron chi connectivity index (χ2n) is 3.79. The van der Waals surface area contributed by atoms with E-state index in [-0.39, 0.29) is 11.8 Å². The predicted octanol–water partition coefficient (Wildman–Crippen LogP) is -1.44. The number of hydrogen-bond acceptors (Lipinski definition) is 4. The molecule has 0 aromatic heterocycles. The topological polar surface area (TPSA) is 80.3 Å². The second-order valence-corrected chi connectivity index (χ2v) is 3.79. The molecule has 78 valence electrons. The largest absolute Gasteiger partial charge is 0.550 e. The zero-order valence-corrected chi connectivity index (χ0v) is 8.10. The van der Waals surface area contributed by atoms with E-state index < -0.39 is 23.8 Å². The fourth-order valence-electron chi connectivity index (χ4n) is 1.97. The molecule has 4 atom stereocenters. The van der Waals surface area contributed by atoms with Gasteiger partial charge in [0.1, 0.15) is 0 Å². The molecule has 0 heterocycles. The van der Waals surface area contributed by atoms with Crippen molar-refractivity contribution >= 4 is 11.9 Å².